The average molecular weight is 328 g/mol. The summed E-state index contributed by atoms with van der Waals surface area (Å²) < 4.78 is 13.3. The lowest BCUT2D eigenvalue weighted by Gasteiger charge is -2.12. The molecule has 0 radical (unpaired) electrons. The van der Waals surface area contributed by atoms with Crippen LogP contribution in [0.2, 0.25) is 0 Å². The Morgan fingerprint density at radius 1 is 1.39 bits per heavy atom. The SMILES string of the molecule is C#CCn1c(=NC(=O)C2=COCCO2)sc2cc(C)c(C)cc21. The molecule has 0 unspecified atom stereocenters. The van der Waals surface area contributed by atoms with Gasteiger partial charge in [-0.25, -0.2) is 0 Å². The van der Waals surface area contributed by atoms with Crippen molar-refractivity contribution in [3.63, 3.8) is 0 Å². The number of ether oxygens (including phenoxy) is 2. The van der Waals surface area contributed by atoms with Crippen LogP contribution in [0.15, 0.2) is 29.1 Å². The predicted molar refractivity (Wildman–Crippen MR) is 88.7 cm³/mol. The van der Waals surface area contributed by atoms with Crippen LogP contribution in [0.1, 0.15) is 11.1 Å². The lowest BCUT2D eigenvalue weighted by atomic mass is 10.1. The van der Waals surface area contributed by atoms with Gasteiger partial charge in [0.15, 0.2) is 4.80 Å². The molecule has 0 aliphatic carbocycles. The number of benzene rings is 1. The van der Waals surface area contributed by atoms with Gasteiger partial charge in [-0.2, -0.15) is 4.99 Å². The molecule has 3 rings (SSSR count). The number of nitrogens with zero attached hydrogens (tertiary/aromatic N) is 2. The van der Waals surface area contributed by atoms with Crippen molar-refractivity contribution in [2.45, 2.75) is 20.4 Å². The lowest BCUT2D eigenvalue weighted by molar-refractivity contribution is -0.119. The molecule has 0 fully saturated rings. The van der Waals surface area contributed by atoms with Gasteiger partial charge in [-0.05, 0) is 37.1 Å². The number of carbonyl (C=O) groups is 1. The van der Waals surface area contributed by atoms with E-state index in [1.165, 1.54) is 28.7 Å². The fraction of sp³-hybridized carbons (Fsp3) is 0.294. The van der Waals surface area contributed by atoms with E-state index in [1.807, 2.05) is 11.5 Å². The van der Waals surface area contributed by atoms with Crippen molar-refractivity contribution < 1.29 is 14.3 Å². The fourth-order valence-electron chi connectivity index (χ4n) is 2.27. The molecule has 1 aliphatic rings. The second-order valence-electron chi connectivity index (χ2n) is 5.20. The molecular formula is C17H16N2O3S. The molecule has 0 bridgehead atoms. The largest absolute Gasteiger partial charge is 0.494 e. The molecule has 1 aromatic carbocycles. The maximum Gasteiger partial charge on any atom is 0.317 e. The topological polar surface area (TPSA) is 52.8 Å². The maximum absolute atomic E-state index is 12.2. The van der Waals surface area contributed by atoms with Crippen molar-refractivity contribution in [2.75, 3.05) is 13.2 Å². The second kappa shape index (κ2) is 6.31. The first-order chi connectivity index (χ1) is 11.1. The fourth-order valence-corrected chi connectivity index (χ4v) is 3.38. The van der Waals surface area contributed by atoms with Crippen molar-refractivity contribution in [3.8, 4) is 12.3 Å². The molecular weight excluding hydrogens is 312 g/mol. The van der Waals surface area contributed by atoms with Gasteiger partial charge in [-0.15, -0.1) is 6.42 Å². The molecule has 0 N–H and O–H groups in total. The minimum absolute atomic E-state index is 0.119. The van der Waals surface area contributed by atoms with E-state index in [4.69, 9.17) is 15.9 Å². The molecule has 1 aromatic heterocycles. The third-order valence-corrected chi connectivity index (χ3v) is 4.65. The molecule has 0 saturated carbocycles. The molecule has 2 heterocycles. The number of hydrogen-bond donors (Lipinski definition) is 0. The molecule has 118 valence electrons. The number of aromatic nitrogens is 1. The van der Waals surface area contributed by atoms with Crippen molar-refractivity contribution in [1.82, 2.24) is 4.57 Å². The van der Waals surface area contributed by atoms with Crippen LogP contribution < -0.4 is 4.80 Å². The summed E-state index contributed by atoms with van der Waals surface area (Å²) in [6.07, 6.45) is 6.78. The van der Waals surface area contributed by atoms with Crippen molar-refractivity contribution in [2.24, 2.45) is 4.99 Å². The number of aryl methyl sites for hydroxylation is 2. The summed E-state index contributed by atoms with van der Waals surface area (Å²) >= 11 is 1.44. The van der Waals surface area contributed by atoms with E-state index in [2.05, 4.69) is 30.0 Å². The minimum atomic E-state index is -0.463. The zero-order chi connectivity index (χ0) is 16.4. The summed E-state index contributed by atoms with van der Waals surface area (Å²) in [5, 5.41) is 0. The first-order valence-electron chi connectivity index (χ1n) is 7.18. The monoisotopic (exact) mass is 328 g/mol. The molecule has 1 amide bonds. The van der Waals surface area contributed by atoms with Gasteiger partial charge in [0.05, 0.1) is 16.8 Å². The van der Waals surface area contributed by atoms with Crippen LogP contribution in [0.25, 0.3) is 10.2 Å². The van der Waals surface area contributed by atoms with Crippen molar-refractivity contribution in [1.29, 1.82) is 0 Å². The third-order valence-electron chi connectivity index (χ3n) is 3.60. The summed E-state index contributed by atoms with van der Waals surface area (Å²) in [7, 11) is 0. The van der Waals surface area contributed by atoms with Crippen LogP contribution >= 0.6 is 11.3 Å². The van der Waals surface area contributed by atoms with Gasteiger partial charge in [0.1, 0.15) is 19.5 Å². The van der Waals surface area contributed by atoms with Gasteiger partial charge in [0, 0.05) is 0 Å². The van der Waals surface area contributed by atoms with E-state index in [0.717, 1.165) is 10.2 Å². The van der Waals surface area contributed by atoms with Crippen LogP contribution in [0, 0.1) is 26.2 Å². The molecule has 0 spiro atoms. The van der Waals surface area contributed by atoms with Gasteiger partial charge in [0.25, 0.3) is 0 Å². The highest BCUT2D eigenvalue weighted by atomic mass is 32.1. The minimum Gasteiger partial charge on any atom is -0.494 e. The summed E-state index contributed by atoms with van der Waals surface area (Å²) in [4.78, 5) is 17.0. The maximum atomic E-state index is 12.2. The summed E-state index contributed by atoms with van der Waals surface area (Å²) in [5.41, 5.74) is 3.35. The number of carbonyl (C=O) groups excluding carboxylic acids is 1. The molecule has 1 aliphatic heterocycles. The Bertz CT molecular complexity index is 912. The Balaban J connectivity index is 2.14. The molecule has 5 nitrogen and oxygen atoms in total. The number of fused-ring (bicyclic) bond motifs is 1. The number of terminal acetylenes is 1. The lowest BCUT2D eigenvalue weighted by Crippen LogP contribution is -2.19. The summed E-state index contributed by atoms with van der Waals surface area (Å²) in [6, 6.07) is 4.16. The highest BCUT2D eigenvalue weighted by Gasteiger charge is 2.15. The first-order valence-corrected chi connectivity index (χ1v) is 7.99. The van der Waals surface area contributed by atoms with Crippen LogP contribution in [-0.2, 0) is 20.8 Å². The van der Waals surface area contributed by atoms with E-state index in [-0.39, 0.29) is 5.76 Å². The van der Waals surface area contributed by atoms with Crippen LogP contribution in [0.5, 0.6) is 0 Å². The highest BCUT2D eigenvalue weighted by Crippen LogP contribution is 2.22. The summed E-state index contributed by atoms with van der Waals surface area (Å²) in [6.45, 7) is 5.25. The number of thiazole rings is 1. The van der Waals surface area contributed by atoms with E-state index < -0.39 is 5.91 Å². The van der Waals surface area contributed by atoms with Gasteiger partial charge in [0.2, 0.25) is 5.76 Å². The molecule has 0 saturated heterocycles. The first kappa shape index (κ1) is 15.4. The van der Waals surface area contributed by atoms with Crippen molar-refractivity contribution >= 4 is 27.5 Å². The zero-order valence-electron chi connectivity index (χ0n) is 13.0. The Labute approximate surface area is 137 Å². The predicted octanol–water partition coefficient (Wildman–Crippen LogP) is 2.27. The average Bonchev–Trinajstić information content (AvgIpc) is 2.86. The van der Waals surface area contributed by atoms with Gasteiger partial charge >= 0.3 is 5.91 Å². The smallest absolute Gasteiger partial charge is 0.317 e. The van der Waals surface area contributed by atoms with E-state index >= 15 is 0 Å². The quantitative estimate of drug-likeness (QED) is 0.795. The Hall–Kier alpha value is -2.52. The van der Waals surface area contributed by atoms with Gasteiger partial charge < -0.3 is 14.0 Å². The number of rotatable bonds is 2. The van der Waals surface area contributed by atoms with Crippen LogP contribution in [-0.4, -0.2) is 23.7 Å². The van der Waals surface area contributed by atoms with E-state index in [0.29, 0.717) is 24.6 Å². The van der Waals surface area contributed by atoms with E-state index in [9.17, 15) is 4.79 Å². The Morgan fingerprint density at radius 2 is 2.17 bits per heavy atom. The number of amides is 1. The third kappa shape index (κ3) is 3.01. The van der Waals surface area contributed by atoms with Gasteiger partial charge in [-0.1, -0.05) is 17.3 Å². The zero-order valence-corrected chi connectivity index (χ0v) is 13.8. The Morgan fingerprint density at radius 3 is 2.87 bits per heavy atom. The Kier molecular flexibility index (Phi) is 4.22. The number of hydrogen-bond acceptors (Lipinski definition) is 4. The normalized spacial score (nSPS) is 14.8. The van der Waals surface area contributed by atoms with Crippen LogP contribution in [0.3, 0.4) is 0 Å². The molecule has 6 heteroatoms. The second-order valence-corrected chi connectivity index (χ2v) is 6.21. The molecule has 2 aromatic rings. The summed E-state index contributed by atoms with van der Waals surface area (Å²) in [5.74, 6) is 2.27. The highest BCUT2D eigenvalue weighted by molar-refractivity contribution is 7.16. The molecule has 0 atom stereocenters. The standard InChI is InChI=1S/C17H16N2O3S/c1-4-5-19-13-8-11(2)12(3)9-15(13)23-17(19)18-16(20)14-10-21-6-7-22-14/h1,8-10H,5-7H2,2-3H3. The van der Waals surface area contributed by atoms with E-state index in [1.54, 1.807) is 0 Å². The van der Waals surface area contributed by atoms with Crippen molar-refractivity contribution in [3.05, 3.63) is 40.1 Å². The van der Waals surface area contributed by atoms with Crippen LogP contribution in [0.4, 0.5) is 0 Å². The molecule has 23 heavy (non-hydrogen) atoms. The van der Waals surface area contributed by atoms with Gasteiger partial charge in [-0.3, -0.25) is 4.79 Å².